The van der Waals surface area contributed by atoms with Crippen LogP contribution >= 0.6 is 0 Å². The Morgan fingerprint density at radius 3 is 2.66 bits per heavy atom. The summed E-state index contributed by atoms with van der Waals surface area (Å²) in [6.07, 6.45) is 3.10. The number of aliphatic carboxylic acids is 1. The quantitative estimate of drug-likeness (QED) is 0.350. The zero-order valence-corrected chi connectivity index (χ0v) is 22.1. The Bertz CT molecular complexity index is 1380. The van der Waals surface area contributed by atoms with E-state index in [0.29, 0.717) is 29.5 Å². The number of carboxylic acids is 1. The summed E-state index contributed by atoms with van der Waals surface area (Å²) in [5.41, 5.74) is 5.61. The molecule has 0 saturated heterocycles. The van der Waals surface area contributed by atoms with Crippen molar-refractivity contribution < 1.29 is 28.9 Å². The highest BCUT2D eigenvalue weighted by molar-refractivity contribution is 5.77. The van der Waals surface area contributed by atoms with Crippen molar-refractivity contribution in [2.75, 3.05) is 18.5 Å². The summed E-state index contributed by atoms with van der Waals surface area (Å²) in [5.74, 6) is 0.555. The average Bonchev–Trinajstić information content (AvgIpc) is 3.43. The number of carboxylic acid groups (broad SMARTS) is 1. The number of nitrogens with zero attached hydrogens (tertiary/aromatic N) is 1. The van der Waals surface area contributed by atoms with Crippen LogP contribution in [0.15, 0.2) is 36.5 Å². The summed E-state index contributed by atoms with van der Waals surface area (Å²) in [6, 6.07) is 8.83. The lowest BCUT2D eigenvalue weighted by Gasteiger charge is -2.21. The van der Waals surface area contributed by atoms with Crippen LogP contribution in [-0.2, 0) is 11.2 Å². The van der Waals surface area contributed by atoms with E-state index < -0.39 is 11.6 Å². The molecule has 38 heavy (non-hydrogen) atoms. The number of aryl methyl sites for hydroxylation is 2. The van der Waals surface area contributed by atoms with E-state index in [2.05, 4.69) is 10.3 Å². The molecule has 3 N–H and O–H groups in total. The van der Waals surface area contributed by atoms with Crippen LogP contribution in [0.25, 0.3) is 11.1 Å². The number of hydrogen-bond acceptors (Lipinski definition) is 6. The van der Waals surface area contributed by atoms with Gasteiger partial charge in [-0.25, -0.2) is 9.37 Å². The summed E-state index contributed by atoms with van der Waals surface area (Å²) >= 11 is 0. The monoisotopic (exact) mass is 520 g/mol. The van der Waals surface area contributed by atoms with Gasteiger partial charge in [0.2, 0.25) is 0 Å². The van der Waals surface area contributed by atoms with Gasteiger partial charge in [0.1, 0.15) is 29.7 Å². The predicted molar refractivity (Wildman–Crippen MR) is 143 cm³/mol. The fourth-order valence-corrected chi connectivity index (χ4v) is 5.58. The van der Waals surface area contributed by atoms with Crippen molar-refractivity contribution in [2.45, 2.75) is 64.5 Å². The van der Waals surface area contributed by atoms with Crippen LogP contribution in [-0.4, -0.2) is 40.0 Å². The van der Waals surface area contributed by atoms with E-state index in [-0.39, 0.29) is 30.8 Å². The molecule has 0 fully saturated rings. The van der Waals surface area contributed by atoms with Gasteiger partial charge in [-0.2, -0.15) is 0 Å². The van der Waals surface area contributed by atoms with E-state index in [1.165, 1.54) is 6.07 Å². The Hall–Kier alpha value is -3.65. The number of hydrogen-bond donors (Lipinski definition) is 3. The smallest absolute Gasteiger partial charge is 0.304 e. The number of halogens is 1. The van der Waals surface area contributed by atoms with Crippen molar-refractivity contribution >= 4 is 11.8 Å². The van der Waals surface area contributed by atoms with Crippen molar-refractivity contribution in [1.82, 2.24) is 4.98 Å². The van der Waals surface area contributed by atoms with Crippen LogP contribution in [0.2, 0.25) is 0 Å². The first-order valence-electron chi connectivity index (χ1n) is 12.9. The first-order chi connectivity index (χ1) is 18.0. The van der Waals surface area contributed by atoms with Gasteiger partial charge in [-0.15, -0.1) is 0 Å². The summed E-state index contributed by atoms with van der Waals surface area (Å²) in [4.78, 5) is 15.6. The molecule has 1 aromatic heterocycles. The van der Waals surface area contributed by atoms with Gasteiger partial charge in [0.05, 0.1) is 24.7 Å². The second-order valence-electron chi connectivity index (χ2n) is 11.0. The van der Waals surface area contributed by atoms with Crippen LogP contribution in [0.3, 0.4) is 0 Å². The number of pyridine rings is 1. The molecule has 0 unspecified atom stereocenters. The number of ether oxygens (including phenoxy) is 2. The molecular weight excluding hydrogens is 487 g/mol. The maximum Gasteiger partial charge on any atom is 0.304 e. The standard InChI is InChI=1S/C30H33FN2O5/c1-16-9-19(38-15-30(3,4)36)10-17(2)28(16)20-5-7-23(31)29-21(20)6-8-24(29)33-26-12-25-22(13-32-26)18(14-37-25)11-27(34)35/h5,7,9-10,12-13,18,24,36H,6,8,11,14-15H2,1-4H3,(H,32,33)(H,34,35)/t18-,24-/m1/s1. The second kappa shape index (κ2) is 9.91. The summed E-state index contributed by atoms with van der Waals surface area (Å²) in [6.45, 7) is 7.95. The molecule has 2 atom stereocenters. The zero-order chi connectivity index (χ0) is 27.2. The Kier molecular flexibility index (Phi) is 6.77. The van der Waals surface area contributed by atoms with Crippen LogP contribution in [0.1, 0.15) is 66.5 Å². The molecule has 7 nitrogen and oxygen atoms in total. The minimum Gasteiger partial charge on any atom is -0.492 e. The number of carbonyl (C=O) groups is 1. The average molecular weight is 521 g/mol. The molecule has 0 amide bonds. The SMILES string of the molecule is Cc1cc(OCC(C)(C)O)cc(C)c1-c1ccc(F)c2c1CC[C@H]2Nc1cc2c(cn1)[C@H](CC(=O)O)CO2. The third-order valence-corrected chi connectivity index (χ3v) is 7.22. The first kappa shape index (κ1) is 26.0. The van der Waals surface area contributed by atoms with E-state index in [0.717, 1.165) is 46.2 Å². The number of anilines is 1. The summed E-state index contributed by atoms with van der Waals surface area (Å²) in [5, 5.41) is 22.5. The van der Waals surface area contributed by atoms with Crippen molar-refractivity contribution in [3.63, 3.8) is 0 Å². The number of benzene rings is 2. The topological polar surface area (TPSA) is 101 Å². The van der Waals surface area contributed by atoms with E-state index in [4.69, 9.17) is 14.6 Å². The van der Waals surface area contributed by atoms with Crippen molar-refractivity contribution in [1.29, 1.82) is 0 Å². The number of rotatable bonds is 8. The maximum absolute atomic E-state index is 15.2. The maximum atomic E-state index is 15.2. The molecule has 0 bridgehead atoms. The van der Waals surface area contributed by atoms with Crippen LogP contribution in [0.5, 0.6) is 11.5 Å². The molecule has 2 aromatic carbocycles. The molecule has 200 valence electrons. The van der Waals surface area contributed by atoms with Crippen LogP contribution in [0.4, 0.5) is 10.2 Å². The van der Waals surface area contributed by atoms with Gasteiger partial charge < -0.3 is 25.0 Å². The van der Waals surface area contributed by atoms with Gasteiger partial charge in [0.25, 0.3) is 0 Å². The number of aliphatic hydroxyl groups is 1. The van der Waals surface area contributed by atoms with Crippen molar-refractivity contribution in [3.8, 4) is 22.6 Å². The molecule has 5 rings (SSSR count). The lowest BCUT2D eigenvalue weighted by molar-refractivity contribution is -0.137. The largest absolute Gasteiger partial charge is 0.492 e. The molecule has 0 spiro atoms. The van der Waals surface area contributed by atoms with Gasteiger partial charge >= 0.3 is 5.97 Å². The third-order valence-electron chi connectivity index (χ3n) is 7.22. The molecule has 1 aliphatic carbocycles. The third kappa shape index (κ3) is 5.18. The fraction of sp³-hybridized carbons (Fsp3) is 0.400. The minimum atomic E-state index is -0.930. The molecule has 0 saturated carbocycles. The number of aromatic nitrogens is 1. The van der Waals surface area contributed by atoms with Gasteiger partial charge in [-0.05, 0) is 86.6 Å². The summed E-state index contributed by atoms with van der Waals surface area (Å²) < 4.78 is 26.8. The summed E-state index contributed by atoms with van der Waals surface area (Å²) in [7, 11) is 0. The fourth-order valence-electron chi connectivity index (χ4n) is 5.58. The van der Waals surface area contributed by atoms with Crippen LogP contribution < -0.4 is 14.8 Å². The first-order valence-corrected chi connectivity index (χ1v) is 12.9. The molecule has 0 radical (unpaired) electrons. The lowest BCUT2D eigenvalue weighted by Crippen LogP contribution is -2.27. The van der Waals surface area contributed by atoms with Crippen molar-refractivity contribution in [3.05, 3.63) is 70.2 Å². The Balaban J connectivity index is 1.41. The normalized spacial score (nSPS) is 18.1. The second-order valence-corrected chi connectivity index (χ2v) is 11.0. The van der Waals surface area contributed by atoms with E-state index in [9.17, 15) is 9.90 Å². The Morgan fingerprint density at radius 2 is 1.97 bits per heavy atom. The molecule has 2 heterocycles. The molecule has 2 aliphatic rings. The predicted octanol–water partition coefficient (Wildman–Crippen LogP) is 5.70. The van der Waals surface area contributed by atoms with E-state index >= 15 is 4.39 Å². The number of nitrogens with one attached hydrogen (secondary N) is 1. The van der Waals surface area contributed by atoms with Crippen LogP contribution in [0, 0.1) is 19.7 Å². The van der Waals surface area contributed by atoms with Gasteiger partial charge in [-0.1, -0.05) is 6.07 Å². The highest BCUT2D eigenvalue weighted by atomic mass is 19.1. The lowest BCUT2D eigenvalue weighted by atomic mass is 9.90. The highest BCUT2D eigenvalue weighted by Gasteiger charge is 2.31. The van der Waals surface area contributed by atoms with E-state index in [1.807, 2.05) is 32.0 Å². The van der Waals surface area contributed by atoms with Gasteiger partial charge in [-0.3, -0.25) is 4.79 Å². The minimum absolute atomic E-state index is 0.00317. The Labute approximate surface area is 221 Å². The van der Waals surface area contributed by atoms with E-state index in [1.54, 1.807) is 26.1 Å². The highest BCUT2D eigenvalue weighted by Crippen LogP contribution is 2.44. The Morgan fingerprint density at radius 1 is 1.24 bits per heavy atom. The molecule has 1 aliphatic heterocycles. The van der Waals surface area contributed by atoms with Gasteiger partial charge in [0.15, 0.2) is 0 Å². The van der Waals surface area contributed by atoms with Crippen molar-refractivity contribution in [2.24, 2.45) is 0 Å². The van der Waals surface area contributed by atoms with Gasteiger partial charge in [0, 0.05) is 29.3 Å². The molecule has 3 aromatic rings. The zero-order valence-electron chi connectivity index (χ0n) is 22.1. The number of fused-ring (bicyclic) bond motifs is 2. The molecular formula is C30H33FN2O5. The molecule has 8 heteroatoms.